The molecule has 1 aliphatic carbocycles. The first-order valence-electron chi connectivity index (χ1n) is 9.02. The Hall–Kier alpha value is -1.86. The summed E-state index contributed by atoms with van der Waals surface area (Å²) in [5.74, 6) is -2.51. The van der Waals surface area contributed by atoms with Crippen LogP contribution in [-0.4, -0.2) is 21.9 Å². The molecule has 1 aromatic carbocycles. The van der Waals surface area contributed by atoms with Crippen molar-refractivity contribution >= 4 is 28.4 Å². The lowest BCUT2D eigenvalue weighted by Crippen LogP contribution is -2.32. The first kappa shape index (κ1) is 18.5. The van der Waals surface area contributed by atoms with Crippen molar-refractivity contribution in [3.8, 4) is 21.1 Å². The lowest BCUT2D eigenvalue weighted by atomic mass is 9.92. The van der Waals surface area contributed by atoms with Gasteiger partial charge in [0.1, 0.15) is 10.0 Å². The predicted molar refractivity (Wildman–Crippen MR) is 109 cm³/mol. The van der Waals surface area contributed by atoms with E-state index in [1.807, 2.05) is 24.6 Å². The van der Waals surface area contributed by atoms with E-state index in [2.05, 4.69) is 33.5 Å². The molecule has 1 fully saturated rings. The molecule has 7 heteroatoms. The molecule has 3 aromatic rings. The second-order valence-corrected chi connectivity index (χ2v) is 8.88. The smallest absolute Gasteiger partial charge is 0.248 e. The van der Waals surface area contributed by atoms with E-state index in [0.29, 0.717) is 12.8 Å². The zero-order valence-corrected chi connectivity index (χ0v) is 16.9. The molecule has 0 aliphatic heterocycles. The van der Waals surface area contributed by atoms with Crippen molar-refractivity contribution in [3.05, 3.63) is 40.3 Å². The van der Waals surface area contributed by atoms with Crippen LogP contribution in [0.4, 0.5) is 14.5 Å². The van der Waals surface area contributed by atoms with Crippen LogP contribution in [-0.2, 0) is 0 Å². The van der Waals surface area contributed by atoms with Crippen LogP contribution in [0.25, 0.3) is 21.1 Å². The maximum atomic E-state index is 13.5. The van der Waals surface area contributed by atoms with Gasteiger partial charge in [0.2, 0.25) is 5.92 Å². The molecule has 0 saturated heterocycles. The number of alkyl halides is 2. The van der Waals surface area contributed by atoms with E-state index in [1.165, 1.54) is 0 Å². The van der Waals surface area contributed by atoms with E-state index in [0.717, 1.165) is 38.2 Å². The van der Waals surface area contributed by atoms with E-state index in [-0.39, 0.29) is 18.9 Å². The Labute approximate surface area is 165 Å². The molecule has 142 valence electrons. The summed E-state index contributed by atoms with van der Waals surface area (Å²) in [7, 11) is 0. The molecule has 27 heavy (non-hydrogen) atoms. The number of anilines is 1. The van der Waals surface area contributed by atoms with Crippen molar-refractivity contribution in [1.82, 2.24) is 9.97 Å². The van der Waals surface area contributed by atoms with Crippen LogP contribution in [0.15, 0.2) is 29.0 Å². The van der Waals surface area contributed by atoms with E-state index in [4.69, 9.17) is 0 Å². The first-order valence-corrected chi connectivity index (χ1v) is 10.8. The van der Waals surface area contributed by atoms with Gasteiger partial charge in [0.15, 0.2) is 0 Å². The molecule has 2 aromatic heterocycles. The minimum atomic E-state index is -2.51. The fourth-order valence-electron chi connectivity index (χ4n) is 3.35. The molecule has 1 saturated carbocycles. The number of thiazole rings is 2. The summed E-state index contributed by atoms with van der Waals surface area (Å²) in [4.78, 5) is 9.20. The third-order valence-corrected chi connectivity index (χ3v) is 6.77. The molecule has 0 amide bonds. The predicted octanol–water partition coefficient (Wildman–Crippen LogP) is 6.54. The quantitative estimate of drug-likeness (QED) is 0.535. The van der Waals surface area contributed by atoms with E-state index in [1.54, 1.807) is 22.7 Å². The number of nitrogens with zero attached hydrogens (tertiary/aromatic N) is 2. The number of rotatable bonds is 4. The Bertz CT molecular complexity index is 880. The summed E-state index contributed by atoms with van der Waals surface area (Å²) in [5, 5.41) is 9.46. The second-order valence-electron chi connectivity index (χ2n) is 7.16. The minimum absolute atomic E-state index is 0.0471. The zero-order chi connectivity index (χ0) is 19.0. The van der Waals surface area contributed by atoms with Gasteiger partial charge in [-0.25, -0.2) is 18.7 Å². The number of aryl methyl sites for hydroxylation is 2. The largest absolute Gasteiger partial charge is 0.382 e. The normalized spacial score (nSPS) is 17.2. The van der Waals surface area contributed by atoms with Crippen LogP contribution in [0.2, 0.25) is 0 Å². The van der Waals surface area contributed by atoms with Crippen molar-refractivity contribution in [1.29, 1.82) is 0 Å². The molecule has 1 aliphatic rings. The van der Waals surface area contributed by atoms with Crippen molar-refractivity contribution in [2.75, 3.05) is 5.32 Å². The van der Waals surface area contributed by atoms with Gasteiger partial charge in [-0.05, 0) is 44.9 Å². The molecular weight excluding hydrogens is 384 g/mol. The SMILES string of the molecule is Cc1csc(-c2cc(NC3CCC(F)(F)CC3)cc(-c3nc(C)cs3)c2)n1. The van der Waals surface area contributed by atoms with Crippen molar-refractivity contribution in [2.24, 2.45) is 0 Å². The molecule has 0 radical (unpaired) electrons. The van der Waals surface area contributed by atoms with Crippen LogP contribution in [0.3, 0.4) is 0 Å². The van der Waals surface area contributed by atoms with Crippen LogP contribution in [0, 0.1) is 13.8 Å². The van der Waals surface area contributed by atoms with Gasteiger partial charge < -0.3 is 5.32 Å². The average molecular weight is 406 g/mol. The highest BCUT2D eigenvalue weighted by Gasteiger charge is 2.34. The van der Waals surface area contributed by atoms with Gasteiger partial charge in [-0.1, -0.05) is 0 Å². The van der Waals surface area contributed by atoms with Crippen LogP contribution < -0.4 is 5.32 Å². The molecule has 1 N–H and O–H groups in total. The summed E-state index contributed by atoms with van der Waals surface area (Å²) in [6.07, 6.45) is 0.877. The summed E-state index contributed by atoms with van der Waals surface area (Å²) in [6, 6.07) is 6.31. The third kappa shape index (κ3) is 4.35. The lowest BCUT2D eigenvalue weighted by Gasteiger charge is -2.29. The summed E-state index contributed by atoms with van der Waals surface area (Å²) < 4.78 is 26.9. The van der Waals surface area contributed by atoms with Crippen LogP contribution >= 0.6 is 22.7 Å². The molecule has 0 unspecified atom stereocenters. The molecule has 0 bridgehead atoms. The third-order valence-electron chi connectivity index (χ3n) is 4.75. The lowest BCUT2D eigenvalue weighted by molar-refractivity contribution is -0.0360. The number of hydrogen-bond acceptors (Lipinski definition) is 5. The van der Waals surface area contributed by atoms with E-state index >= 15 is 0 Å². The maximum absolute atomic E-state index is 13.5. The van der Waals surface area contributed by atoms with E-state index < -0.39 is 5.92 Å². The minimum Gasteiger partial charge on any atom is -0.382 e. The van der Waals surface area contributed by atoms with Crippen molar-refractivity contribution < 1.29 is 8.78 Å². The highest BCUT2D eigenvalue weighted by atomic mass is 32.1. The van der Waals surface area contributed by atoms with Crippen LogP contribution in [0.1, 0.15) is 37.1 Å². The molecule has 0 atom stereocenters. The summed E-state index contributed by atoms with van der Waals surface area (Å²) >= 11 is 3.22. The van der Waals surface area contributed by atoms with Gasteiger partial charge >= 0.3 is 0 Å². The van der Waals surface area contributed by atoms with Gasteiger partial charge in [0.05, 0.1) is 0 Å². The summed E-state index contributed by atoms with van der Waals surface area (Å²) in [5.41, 5.74) is 4.99. The van der Waals surface area contributed by atoms with Gasteiger partial charge in [0.25, 0.3) is 0 Å². The van der Waals surface area contributed by atoms with Gasteiger partial charge in [-0.3, -0.25) is 0 Å². The number of hydrogen-bond donors (Lipinski definition) is 1. The average Bonchev–Trinajstić information content (AvgIpc) is 3.25. The highest BCUT2D eigenvalue weighted by Crippen LogP contribution is 2.37. The van der Waals surface area contributed by atoms with Crippen molar-refractivity contribution in [3.63, 3.8) is 0 Å². The Balaban J connectivity index is 1.66. The fraction of sp³-hybridized carbons (Fsp3) is 0.400. The monoisotopic (exact) mass is 405 g/mol. The second kappa shape index (κ2) is 7.28. The topological polar surface area (TPSA) is 37.8 Å². The number of aromatic nitrogens is 2. The molecule has 4 rings (SSSR count). The number of benzene rings is 1. The van der Waals surface area contributed by atoms with Gasteiger partial charge in [0, 0.05) is 57.8 Å². The number of halogens is 2. The Morgan fingerprint density at radius 3 is 1.89 bits per heavy atom. The molecular formula is C20H21F2N3S2. The van der Waals surface area contributed by atoms with Crippen molar-refractivity contribution in [2.45, 2.75) is 51.5 Å². The standard InChI is InChI=1S/C20H21F2N3S2/c1-12-10-26-18(23-12)14-7-15(19-24-13(2)11-27-19)9-17(8-14)25-16-3-5-20(21,22)6-4-16/h7-11,16,25H,3-6H2,1-2H3. The molecule has 3 nitrogen and oxygen atoms in total. The van der Waals surface area contributed by atoms with Crippen LogP contribution in [0.5, 0.6) is 0 Å². The zero-order valence-electron chi connectivity index (χ0n) is 15.3. The number of nitrogens with one attached hydrogen (secondary N) is 1. The molecule has 0 spiro atoms. The Kier molecular flexibility index (Phi) is 4.99. The maximum Gasteiger partial charge on any atom is 0.248 e. The highest BCUT2D eigenvalue weighted by molar-refractivity contribution is 7.13. The molecule has 2 heterocycles. The van der Waals surface area contributed by atoms with Gasteiger partial charge in [-0.2, -0.15) is 0 Å². The Morgan fingerprint density at radius 1 is 0.926 bits per heavy atom. The van der Waals surface area contributed by atoms with Gasteiger partial charge in [-0.15, -0.1) is 22.7 Å². The first-order chi connectivity index (χ1) is 12.9. The summed E-state index contributed by atoms with van der Waals surface area (Å²) in [6.45, 7) is 3.96. The Morgan fingerprint density at radius 2 is 1.44 bits per heavy atom. The fourth-order valence-corrected chi connectivity index (χ4v) is 4.92. The van der Waals surface area contributed by atoms with E-state index in [9.17, 15) is 8.78 Å².